The second-order valence-corrected chi connectivity index (χ2v) is 23.1. The van der Waals surface area contributed by atoms with Crippen LogP contribution in [-0.4, -0.2) is 37.2 Å². The molecule has 0 N–H and O–H groups in total. The van der Waals surface area contributed by atoms with Gasteiger partial charge >= 0.3 is 17.9 Å². The van der Waals surface area contributed by atoms with E-state index in [0.29, 0.717) is 19.3 Å². The molecule has 81 heavy (non-hydrogen) atoms. The van der Waals surface area contributed by atoms with Gasteiger partial charge in [-0.3, -0.25) is 14.4 Å². The van der Waals surface area contributed by atoms with Crippen LogP contribution < -0.4 is 0 Å². The maximum Gasteiger partial charge on any atom is 0.306 e. The van der Waals surface area contributed by atoms with Crippen LogP contribution in [0.25, 0.3) is 0 Å². The van der Waals surface area contributed by atoms with Crippen molar-refractivity contribution >= 4 is 17.9 Å². The van der Waals surface area contributed by atoms with Gasteiger partial charge in [-0.25, -0.2) is 0 Å². The van der Waals surface area contributed by atoms with Crippen molar-refractivity contribution in [3.05, 3.63) is 97.2 Å². The molecule has 0 amide bonds. The Kier molecular flexibility index (Phi) is 65.7. The third kappa shape index (κ3) is 67.0. The van der Waals surface area contributed by atoms with E-state index in [4.69, 9.17) is 14.2 Å². The molecule has 1 unspecified atom stereocenters. The molecule has 0 fully saturated rings. The van der Waals surface area contributed by atoms with Gasteiger partial charge in [-0.2, -0.15) is 0 Å². The molecule has 0 aliphatic carbocycles. The number of unbranched alkanes of at least 4 members (excludes halogenated alkanes) is 36. The predicted octanol–water partition coefficient (Wildman–Crippen LogP) is 24.0. The van der Waals surface area contributed by atoms with Crippen LogP contribution in [0.5, 0.6) is 0 Å². The molecule has 0 aromatic rings. The van der Waals surface area contributed by atoms with Crippen LogP contribution in [0.15, 0.2) is 97.2 Å². The fourth-order valence-electron chi connectivity index (χ4n) is 9.89. The lowest BCUT2D eigenvalue weighted by Crippen LogP contribution is -2.30. The van der Waals surface area contributed by atoms with Gasteiger partial charge in [-0.05, 0) is 103 Å². The largest absolute Gasteiger partial charge is 0.462 e. The van der Waals surface area contributed by atoms with Crippen molar-refractivity contribution in [3.63, 3.8) is 0 Å². The molecule has 0 heterocycles. The second kappa shape index (κ2) is 68.8. The van der Waals surface area contributed by atoms with E-state index in [1.165, 1.54) is 193 Å². The van der Waals surface area contributed by atoms with Crippen LogP contribution in [-0.2, 0) is 28.6 Å². The van der Waals surface area contributed by atoms with Gasteiger partial charge in [0.1, 0.15) is 13.2 Å². The Balaban J connectivity index is 4.26. The molecule has 0 aliphatic rings. The molecule has 1 atom stereocenters. The van der Waals surface area contributed by atoms with Crippen LogP contribution in [0.3, 0.4) is 0 Å². The Morgan fingerprint density at radius 1 is 0.259 bits per heavy atom. The monoisotopic (exact) mass is 1130 g/mol. The fourth-order valence-corrected chi connectivity index (χ4v) is 9.89. The molecular weight excluding hydrogens is 997 g/mol. The van der Waals surface area contributed by atoms with Crippen molar-refractivity contribution in [3.8, 4) is 0 Å². The van der Waals surface area contributed by atoms with E-state index in [0.717, 1.165) is 109 Å². The maximum atomic E-state index is 12.9. The van der Waals surface area contributed by atoms with Crippen LogP contribution in [0, 0.1) is 0 Å². The van der Waals surface area contributed by atoms with Crippen molar-refractivity contribution in [1.82, 2.24) is 0 Å². The summed E-state index contributed by atoms with van der Waals surface area (Å²) in [6.45, 7) is 6.54. The average molecular weight is 1130 g/mol. The third-order valence-corrected chi connectivity index (χ3v) is 15.1. The Morgan fingerprint density at radius 3 is 0.753 bits per heavy atom. The highest BCUT2D eigenvalue weighted by molar-refractivity contribution is 5.71. The summed E-state index contributed by atoms with van der Waals surface area (Å²) in [6.07, 6.45) is 92.8. The summed E-state index contributed by atoms with van der Waals surface area (Å²) in [6, 6.07) is 0. The molecule has 0 aliphatic heterocycles. The van der Waals surface area contributed by atoms with Crippen molar-refractivity contribution in [1.29, 1.82) is 0 Å². The van der Waals surface area contributed by atoms with Crippen molar-refractivity contribution in [2.75, 3.05) is 13.2 Å². The number of allylic oxidation sites excluding steroid dienone is 16. The van der Waals surface area contributed by atoms with Crippen LogP contribution in [0.2, 0.25) is 0 Å². The van der Waals surface area contributed by atoms with Crippen LogP contribution >= 0.6 is 0 Å². The lowest BCUT2D eigenvalue weighted by atomic mass is 10.0. The molecule has 466 valence electrons. The third-order valence-electron chi connectivity index (χ3n) is 15.1. The summed E-state index contributed by atoms with van der Waals surface area (Å²) < 4.78 is 17.0. The highest BCUT2D eigenvalue weighted by Crippen LogP contribution is 2.17. The molecule has 0 rings (SSSR count). The molecule has 0 aromatic carbocycles. The van der Waals surface area contributed by atoms with Gasteiger partial charge < -0.3 is 14.2 Å². The number of rotatable bonds is 63. The highest BCUT2D eigenvalue weighted by atomic mass is 16.6. The first-order valence-electron chi connectivity index (χ1n) is 34.7. The van der Waals surface area contributed by atoms with Crippen LogP contribution in [0.1, 0.15) is 342 Å². The van der Waals surface area contributed by atoms with Gasteiger partial charge in [-0.15, -0.1) is 0 Å². The molecule has 6 heteroatoms. The van der Waals surface area contributed by atoms with Gasteiger partial charge in [0.15, 0.2) is 6.10 Å². The first-order chi connectivity index (χ1) is 40.0. The zero-order valence-electron chi connectivity index (χ0n) is 53.5. The van der Waals surface area contributed by atoms with Gasteiger partial charge in [0.2, 0.25) is 0 Å². The van der Waals surface area contributed by atoms with E-state index < -0.39 is 6.10 Å². The lowest BCUT2D eigenvalue weighted by Gasteiger charge is -2.18. The molecular formula is C75H130O6. The molecule has 0 saturated carbocycles. The topological polar surface area (TPSA) is 78.9 Å². The standard InChI is InChI=1S/C75H130O6/c1-4-7-10-13-16-19-22-24-26-28-30-32-34-36-37-39-40-42-44-46-48-50-53-56-59-62-65-68-74(77)80-71-72(70-79-73(76)67-64-61-58-55-52-21-18-15-12-9-6-3)81-75(78)69-66-63-60-57-54-51-49-47-45-43-41-38-35-33-31-29-27-25-23-20-17-14-11-8-5-2/h7,10,16,19,23-26,29-32,36-37,40,42,72H,4-6,8-9,11-15,17-18,20-22,27-28,33-35,38-39,41,43-71H2,1-3H3/b10-7-,19-16-,25-23-,26-24-,31-29-,32-30-,37-36-,42-40-. The number of hydrogen-bond donors (Lipinski definition) is 0. The number of carbonyl (C=O) groups excluding carboxylic acids is 3. The molecule has 0 bridgehead atoms. The summed E-state index contributed by atoms with van der Waals surface area (Å²) in [4.78, 5) is 38.4. The number of carbonyl (C=O) groups is 3. The van der Waals surface area contributed by atoms with Crippen molar-refractivity contribution in [2.24, 2.45) is 0 Å². The second-order valence-electron chi connectivity index (χ2n) is 23.1. The molecule has 0 saturated heterocycles. The highest BCUT2D eigenvalue weighted by Gasteiger charge is 2.19. The molecule has 0 spiro atoms. The van der Waals surface area contributed by atoms with E-state index in [1.54, 1.807) is 0 Å². The van der Waals surface area contributed by atoms with E-state index in [-0.39, 0.29) is 31.1 Å². The Labute approximate surface area is 502 Å². The normalized spacial score (nSPS) is 12.7. The minimum Gasteiger partial charge on any atom is -0.462 e. The number of esters is 3. The van der Waals surface area contributed by atoms with E-state index in [9.17, 15) is 14.4 Å². The fraction of sp³-hybridized carbons (Fsp3) is 0.747. The molecule has 6 nitrogen and oxygen atoms in total. The summed E-state index contributed by atoms with van der Waals surface area (Å²) in [5, 5.41) is 0. The zero-order valence-corrected chi connectivity index (χ0v) is 53.5. The maximum absolute atomic E-state index is 12.9. The molecule has 0 radical (unpaired) electrons. The van der Waals surface area contributed by atoms with E-state index in [1.807, 2.05) is 0 Å². The summed E-state index contributed by atoms with van der Waals surface area (Å²) >= 11 is 0. The predicted molar refractivity (Wildman–Crippen MR) is 353 cm³/mol. The Hall–Kier alpha value is -3.67. The average Bonchev–Trinajstić information content (AvgIpc) is 3.47. The molecule has 0 aromatic heterocycles. The van der Waals surface area contributed by atoms with Crippen molar-refractivity contribution in [2.45, 2.75) is 348 Å². The summed E-state index contributed by atoms with van der Waals surface area (Å²) in [7, 11) is 0. The van der Waals surface area contributed by atoms with Gasteiger partial charge in [0, 0.05) is 19.3 Å². The smallest absolute Gasteiger partial charge is 0.306 e. The van der Waals surface area contributed by atoms with Crippen LogP contribution in [0.4, 0.5) is 0 Å². The summed E-state index contributed by atoms with van der Waals surface area (Å²) in [5.74, 6) is -0.872. The Morgan fingerprint density at radius 2 is 0.481 bits per heavy atom. The number of ether oxygens (including phenoxy) is 3. The SMILES string of the molecule is CC/C=C\C/C=C\C/C=C\C/C=C\C/C=C\C/C=C\CCCCCCCCCCC(=O)OCC(COC(=O)CCCCCCCCCCCCC)OC(=O)CCCCCCCCCCCCCCC/C=C\C/C=C\CCCCCCC. The van der Waals surface area contributed by atoms with E-state index in [2.05, 4.69) is 118 Å². The minimum absolute atomic E-state index is 0.0769. The van der Waals surface area contributed by atoms with Crippen molar-refractivity contribution < 1.29 is 28.6 Å². The minimum atomic E-state index is -0.781. The first kappa shape index (κ1) is 77.3. The first-order valence-corrected chi connectivity index (χ1v) is 34.7. The quantitative estimate of drug-likeness (QED) is 0.0261. The zero-order chi connectivity index (χ0) is 58.5. The van der Waals surface area contributed by atoms with E-state index >= 15 is 0 Å². The Bertz CT molecular complexity index is 1580. The lowest BCUT2D eigenvalue weighted by molar-refractivity contribution is -0.167. The number of hydrogen-bond acceptors (Lipinski definition) is 6. The van der Waals surface area contributed by atoms with Gasteiger partial charge in [-0.1, -0.05) is 317 Å². The summed E-state index contributed by atoms with van der Waals surface area (Å²) in [5.41, 5.74) is 0. The van der Waals surface area contributed by atoms with Gasteiger partial charge in [0.05, 0.1) is 0 Å². The van der Waals surface area contributed by atoms with Gasteiger partial charge in [0.25, 0.3) is 0 Å².